The van der Waals surface area contributed by atoms with Crippen LogP contribution in [0.4, 0.5) is 17.1 Å². The number of rotatable bonds is 3. The third-order valence-corrected chi connectivity index (χ3v) is 3.82. The molecule has 0 heterocycles. The number of benzene rings is 3. The topological polar surface area (TPSA) is 0 Å². The van der Waals surface area contributed by atoms with E-state index >= 15 is 0 Å². The van der Waals surface area contributed by atoms with Gasteiger partial charge in [0.1, 0.15) is 17.1 Å². The number of nitrogens with zero attached hydrogens (tertiary/aromatic N) is 1. The number of hydrogen-bond donors (Lipinski definition) is 0. The molecule has 1 nitrogen and oxygen atoms in total. The molecule has 2 heteroatoms. The largest absolute Gasteiger partial charge is 1.00 e. The molecule has 0 amide bonds. The van der Waals surface area contributed by atoms with Crippen molar-refractivity contribution in [2.75, 3.05) is 7.05 Å². The number of quaternary nitrogens is 1. The Kier molecular flexibility index (Phi) is 4.79. The number of halogens is 1. The lowest BCUT2D eigenvalue weighted by molar-refractivity contribution is -0.00000392. The highest BCUT2D eigenvalue weighted by Gasteiger charge is 2.30. The summed E-state index contributed by atoms with van der Waals surface area (Å²) in [6.45, 7) is 0. The highest BCUT2D eigenvalue weighted by molar-refractivity contribution is 5.69. The quantitative estimate of drug-likeness (QED) is 0.651. The first kappa shape index (κ1) is 15.3. The van der Waals surface area contributed by atoms with Crippen molar-refractivity contribution >= 4 is 17.1 Å². The summed E-state index contributed by atoms with van der Waals surface area (Å²) in [4.78, 5) is 0. The van der Waals surface area contributed by atoms with Crippen LogP contribution in [0.15, 0.2) is 91.0 Å². The molecule has 0 saturated carbocycles. The molecule has 0 aliphatic rings. The van der Waals surface area contributed by atoms with Crippen LogP contribution in [0.25, 0.3) is 0 Å². The van der Waals surface area contributed by atoms with E-state index in [2.05, 4.69) is 98.0 Å². The maximum absolute atomic E-state index is 2.24. The second kappa shape index (κ2) is 6.57. The zero-order valence-electron chi connectivity index (χ0n) is 12.0. The maximum Gasteiger partial charge on any atom is 0.142 e. The van der Waals surface area contributed by atoms with Gasteiger partial charge in [0.2, 0.25) is 0 Å². The van der Waals surface area contributed by atoms with Crippen molar-refractivity contribution in [1.82, 2.24) is 4.48 Å². The van der Waals surface area contributed by atoms with E-state index in [4.69, 9.17) is 0 Å². The van der Waals surface area contributed by atoms with Gasteiger partial charge in [-0.3, -0.25) is 0 Å². The van der Waals surface area contributed by atoms with Gasteiger partial charge >= 0.3 is 0 Å². The Morgan fingerprint density at radius 1 is 0.476 bits per heavy atom. The van der Waals surface area contributed by atoms with E-state index in [1.165, 1.54) is 17.1 Å². The lowest BCUT2D eigenvalue weighted by atomic mass is 10.1. The third kappa shape index (κ3) is 2.85. The number of hydrogen-bond acceptors (Lipinski definition) is 0. The molecule has 0 bridgehead atoms. The van der Waals surface area contributed by atoms with E-state index in [1.54, 1.807) is 0 Å². The zero-order valence-corrected chi connectivity index (χ0v) is 12.7. The molecule has 3 aromatic carbocycles. The van der Waals surface area contributed by atoms with Gasteiger partial charge < -0.3 is 12.4 Å². The van der Waals surface area contributed by atoms with Gasteiger partial charge in [-0.1, -0.05) is 54.6 Å². The lowest BCUT2D eigenvalue weighted by Gasteiger charge is -2.33. The Labute approximate surface area is 132 Å². The smallest absolute Gasteiger partial charge is 0.142 e. The van der Waals surface area contributed by atoms with Gasteiger partial charge in [0.15, 0.2) is 0 Å². The van der Waals surface area contributed by atoms with E-state index in [9.17, 15) is 0 Å². The van der Waals surface area contributed by atoms with Gasteiger partial charge in [0, 0.05) is 0 Å². The second-order valence-electron chi connectivity index (χ2n) is 5.01. The second-order valence-corrected chi connectivity index (χ2v) is 5.01. The van der Waals surface area contributed by atoms with Gasteiger partial charge in [0.25, 0.3) is 0 Å². The van der Waals surface area contributed by atoms with Crippen LogP contribution in [0.3, 0.4) is 0 Å². The van der Waals surface area contributed by atoms with E-state index in [1.807, 2.05) is 0 Å². The van der Waals surface area contributed by atoms with Crippen molar-refractivity contribution in [1.29, 1.82) is 0 Å². The summed E-state index contributed by atoms with van der Waals surface area (Å²) in [7, 11) is 2.24. The molecule has 0 spiro atoms. The van der Waals surface area contributed by atoms with Crippen LogP contribution in [0, 0.1) is 0 Å². The summed E-state index contributed by atoms with van der Waals surface area (Å²) >= 11 is 0. The van der Waals surface area contributed by atoms with Gasteiger partial charge in [-0.15, -0.1) is 0 Å². The maximum atomic E-state index is 2.24. The zero-order chi connectivity index (χ0) is 13.8. The van der Waals surface area contributed by atoms with E-state index in [-0.39, 0.29) is 12.4 Å². The molecular formula is C19H18ClN. The lowest BCUT2D eigenvalue weighted by Crippen LogP contribution is -3.00. The monoisotopic (exact) mass is 295 g/mol. The Morgan fingerprint density at radius 2 is 0.714 bits per heavy atom. The van der Waals surface area contributed by atoms with Crippen molar-refractivity contribution < 1.29 is 12.4 Å². The molecule has 0 unspecified atom stereocenters. The van der Waals surface area contributed by atoms with Crippen LogP contribution in [0.2, 0.25) is 0 Å². The van der Waals surface area contributed by atoms with Crippen molar-refractivity contribution in [3.8, 4) is 0 Å². The Morgan fingerprint density at radius 3 is 0.952 bits per heavy atom. The fourth-order valence-electron chi connectivity index (χ4n) is 2.63. The fourth-order valence-corrected chi connectivity index (χ4v) is 2.63. The molecule has 0 N–H and O–H groups in total. The highest BCUT2D eigenvalue weighted by Crippen LogP contribution is 2.40. The molecule has 21 heavy (non-hydrogen) atoms. The average Bonchev–Trinajstić information content (AvgIpc) is 2.56. The summed E-state index contributed by atoms with van der Waals surface area (Å²) in [6.07, 6.45) is 0. The predicted molar refractivity (Wildman–Crippen MR) is 86.4 cm³/mol. The van der Waals surface area contributed by atoms with Crippen LogP contribution in [0.5, 0.6) is 0 Å². The predicted octanol–water partition coefficient (Wildman–Crippen LogP) is 2.29. The minimum atomic E-state index is 0. The Hall–Kier alpha value is -2.09. The summed E-state index contributed by atoms with van der Waals surface area (Å²) in [6, 6.07) is 31.8. The van der Waals surface area contributed by atoms with Crippen molar-refractivity contribution in [3.63, 3.8) is 0 Å². The van der Waals surface area contributed by atoms with Gasteiger partial charge in [-0.2, -0.15) is 0 Å². The Balaban J connectivity index is 0.00000161. The first-order valence-corrected chi connectivity index (χ1v) is 6.85. The number of para-hydroxylation sites is 3. The van der Waals surface area contributed by atoms with Gasteiger partial charge in [-0.25, -0.2) is 4.48 Å². The van der Waals surface area contributed by atoms with Crippen LogP contribution < -0.4 is 16.9 Å². The average molecular weight is 296 g/mol. The van der Waals surface area contributed by atoms with Crippen LogP contribution in [0.1, 0.15) is 0 Å². The summed E-state index contributed by atoms with van der Waals surface area (Å²) in [5.41, 5.74) is 3.76. The minimum Gasteiger partial charge on any atom is -1.00 e. The molecule has 0 saturated heterocycles. The third-order valence-electron chi connectivity index (χ3n) is 3.82. The molecule has 0 radical (unpaired) electrons. The van der Waals surface area contributed by atoms with E-state index < -0.39 is 0 Å². The van der Waals surface area contributed by atoms with Crippen LogP contribution in [-0.2, 0) is 0 Å². The van der Waals surface area contributed by atoms with E-state index in [0.29, 0.717) is 4.48 Å². The molecule has 0 fully saturated rings. The van der Waals surface area contributed by atoms with Gasteiger partial charge in [0.05, 0.1) is 7.05 Å². The minimum absolute atomic E-state index is 0. The van der Waals surface area contributed by atoms with Crippen molar-refractivity contribution in [3.05, 3.63) is 91.0 Å². The van der Waals surface area contributed by atoms with Gasteiger partial charge in [-0.05, 0) is 36.4 Å². The summed E-state index contributed by atoms with van der Waals surface area (Å²) < 4.78 is 0.669. The first-order valence-electron chi connectivity index (χ1n) is 6.85. The normalized spacial score (nSPS) is 10.7. The molecule has 0 aliphatic heterocycles. The standard InChI is InChI=1S/C19H18N.ClH/c1-20(17-11-5-2-6-12-17,18-13-7-3-8-14-18)19-15-9-4-10-16-19;/h2-16H,1H3;1H/q+1;/p-1. The Bertz CT molecular complexity index is 569. The molecule has 0 atom stereocenters. The molecular weight excluding hydrogens is 278 g/mol. The molecule has 0 aliphatic carbocycles. The molecule has 3 aromatic rings. The summed E-state index contributed by atoms with van der Waals surface area (Å²) in [5.74, 6) is 0. The SMILES string of the molecule is C[N+](c1ccccc1)(c1ccccc1)c1ccccc1.[Cl-]. The van der Waals surface area contributed by atoms with E-state index in [0.717, 1.165) is 0 Å². The fraction of sp³-hybridized carbons (Fsp3) is 0.0526. The van der Waals surface area contributed by atoms with Crippen LogP contribution in [-0.4, -0.2) is 7.05 Å². The van der Waals surface area contributed by atoms with Crippen molar-refractivity contribution in [2.45, 2.75) is 0 Å². The molecule has 3 rings (SSSR count). The first-order chi connectivity index (χ1) is 9.82. The highest BCUT2D eigenvalue weighted by atomic mass is 35.5. The molecule has 106 valence electrons. The van der Waals surface area contributed by atoms with Crippen LogP contribution >= 0.6 is 0 Å². The van der Waals surface area contributed by atoms with Crippen molar-refractivity contribution in [2.24, 2.45) is 0 Å². The summed E-state index contributed by atoms with van der Waals surface area (Å²) in [5, 5.41) is 0. The molecule has 0 aromatic heterocycles.